The van der Waals surface area contributed by atoms with Crippen LogP contribution in [-0.2, 0) is 6.42 Å². The molecule has 1 aromatic carbocycles. The summed E-state index contributed by atoms with van der Waals surface area (Å²) >= 11 is 5.61. The number of alkyl halides is 1. The highest BCUT2D eigenvalue weighted by Crippen LogP contribution is 2.37. The normalized spacial score (nSPS) is 12.4. The van der Waals surface area contributed by atoms with Gasteiger partial charge in [-0.3, -0.25) is 0 Å². The van der Waals surface area contributed by atoms with Crippen LogP contribution in [0.5, 0.6) is 5.75 Å². The van der Waals surface area contributed by atoms with Gasteiger partial charge in [0.1, 0.15) is 5.75 Å². The molecule has 0 fully saturated rings. The molecule has 0 aliphatic carbocycles. The summed E-state index contributed by atoms with van der Waals surface area (Å²) in [6.45, 7) is 4.91. The maximum absolute atomic E-state index is 5.46. The zero-order chi connectivity index (χ0) is 13.0. The summed E-state index contributed by atoms with van der Waals surface area (Å²) in [4.78, 5) is 1.68. The first-order valence-corrected chi connectivity index (χ1v) is 7.98. The van der Waals surface area contributed by atoms with E-state index < -0.39 is 0 Å². The van der Waals surface area contributed by atoms with E-state index in [-0.39, 0.29) is 4.83 Å². The topological polar surface area (TPSA) is 9.23 Å². The fraction of sp³-hybridized carbons (Fsp3) is 0.333. The Balaban J connectivity index is 2.20. The van der Waals surface area contributed by atoms with Crippen molar-refractivity contribution < 1.29 is 4.74 Å². The van der Waals surface area contributed by atoms with Gasteiger partial charge in [0.2, 0.25) is 0 Å². The SMILES string of the molecule is CCOc1ccc(C(Br)c2sccc2CC)cc1. The molecule has 2 aromatic rings. The lowest BCUT2D eigenvalue weighted by molar-refractivity contribution is 0.340. The van der Waals surface area contributed by atoms with Crippen LogP contribution < -0.4 is 4.74 Å². The highest BCUT2D eigenvalue weighted by atomic mass is 79.9. The molecule has 2 rings (SSSR count). The lowest BCUT2D eigenvalue weighted by Gasteiger charge is -2.11. The van der Waals surface area contributed by atoms with Gasteiger partial charge in [-0.1, -0.05) is 35.0 Å². The van der Waals surface area contributed by atoms with E-state index in [0.717, 1.165) is 12.2 Å². The molecule has 0 radical (unpaired) electrons. The zero-order valence-corrected chi connectivity index (χ0v) is 13.1. The van der Waals surface area contributed by atoms with Gasteiger partial charge >= 0.3 is 0 Å². The van der Waals surface area contributed by atoms with Crippen LogP contribution in [0, 0.1) is 0 Å². The molecule has 1 unspecified atom stereocenters. The standard InChI is InChI=1S/C15H17BrOS/c1-3-11-9-10-18-15(11)14(16)12-5-7-13(8-6-12)17-4-2/h5-10,14H,3-4H2,1-2H3. The molecule has 1 heterocycles. The predicted molar refractivity (Wildman–Crippen MR) is 82.1 cm³/mol. The van der Waals surface area contributed by atoms with Crippen LogP contribution in [0.15, 0.2) is 35.7 Å². The highest BCUT2D eigenvalue weighted by Gasteiger charge is 2.15. The monoisotopic (exact) mass is 324 g/mol. The molecular formula is C15H17BrOS. The van der Waals surface area contributed by atoms with Crippen molar-refractivity contribution in [2.75, 3.05) is 6.61 Å². The molecule has 0 bridgehead atoms. The number of thiophene rings is 1. The minimum absolute atomic E-state index is 0.281. The van der Waals surface area contributed by atoms with E-state index in [9.17, 15) is 0 Å². The molecular weight excluding hydrogens is 308 g/mol. The fourth-order valence-corrected chi connectivity index (χ4v) is 3.83. The Bertz CT molecular complexity index is 489. The van der Waals surface area contributed by atoms with Gasteiger partial charge in [0.15, 0.2) is 0 Å². The largest absolute Gasteiger partial charge is 0.494 e. The van der Waals surface area contributed by atoms with Crippen LogP contribution in [-0.4, -0.2) is 6.61 Å². The lowest BCUT2D eigenvalue weighted by atomic mass is 10.1. The summed E-state index contributed by atoms with van der Waals surface area (Å²) in [5, 5.41) is 2.16. The first-order chi connectivity index (χ1) is 8.76. The number of benzene rings is 1. The molecule has 0 amide bonds. The van der Waals surface area contributed by atoms with Gasteiger partial charge in [-0.25, -0.2) is 0 Å². The fourth-order valence-electron chi connectivity index (χ4n) is 1.91. The van der Waals surface area contributed by atoms with Crippen LogP contribution in [0.3, 0.4) is 0 Å². The third-order valence-electron chi connectivity index (χ3n) is 2.88. The maximum Gasteiger partial charge on any atom is 0.119 e. The molecule has 1 atom stereocenters. The number of hydrogen-bond donors (Lipinski definition) is 0. The summed E-state index contributed by atoms with van der Waals surface area (Å²) < 4.78 is 5.46. The van der Waals surface area contributed by atoms with Crippen molar-refractivity contribution >= 4 is 27.3 Å². The van der Waals surface area contributed by atoms with Crippen LogP contribution in [0.25, 0.3) is 0 Å². The lowest BCUT2D eigenvalue weighted by Crippen LogP contribution is -1.95. The Morgan fingerprint density at radius 3 is 2.50 bits per heavy atom. The predicted octanol–water partition coefficient (Wildman–Crippen LogP) is 5.19. The van der Waals surface area contributed by atoms with Gasteiger partial charge in [-0.2, -0.15) is 0 Å². The molecule has 96 valence electrons. The number of halogens is 1. The molecule has 18 heavy (non-hydrogen) atoms. The van der Waals surface area contributed by atoms with Crippen molar-refractivity contribution in [2.45, 2.75) is 25.1 Å². The van der Waals surface area contributed by atoms with E-state index in [1.165, 1.54) is 16.0 Å². The van der Waals surface area contributed by atoms with Crippen molar-refractivity contribution in [1.29, 1.82) is 0 Å². The van der Waals surface area contributed by atoms with Crippen LogP contribution in [0.4, 0.5) is 0 Å². The van der Waals surface area contributed by atoms with E-state index in [1.807, 2.05) is 30.4 Å². The molecule has 3 heteroatoms. The Hall–Kier alpha value is -0.800. The second-order valence-electron chi connectivity index (χ2n) is 4.03. The smallest absolute Gasteiger partial charge is 0.119 e. The number of aryl methyl sites for hydroxylation is 1. The Labute approximate surface area is 121 Å². The summed E-state index contributed by atoms with van der Waals surface area (Å²) in [5.74, 6) is 0.933. The molecule has 0 spiro atoms. The first kappa shape index (κ1) is 13.6. The van der Waals surface area contributed by atoms with Crippen molar-refractivity contribution in [1.82, 2.24) is 0 Å². The summed E-state index contributed by atoms with van der Waals surface area (Å²) in [7, 11) is 0. The molecule has 0 saturated carbocycles. The Morgan fingerprint density at radius 1 is 1.17 bits per heavy atom. The molecule has 0 saturated heterocycles. The van der Waals surface area contributed by atoms with E-state index >= 15 is 0 Å². The second kappa shape index (κ2) is 6.39. The van der Waals surface area contributed by atoms with Crippen molar-refractivity contribution in [2.24, 2.45) is 0 Å². The zero-order valence-electron chi connectivity index (χ0n) is 10.7. The van der Waals surface area contributed by atoms with Crippen molar-refractivity contribution in [3.63, 3.8) is 0 Å². The van der Waals surface area contributed by atoms with E-state index in [0.29, 0.717) is 6.61 Å². The molecule has 0 aliphatic heterocycles. The second-order valence-corrected chi connectivity index (χ2v) is 5.89. The Kier molecular flexibility index (Phi) is 4.84. The van der Waals surface area contributed by atoms with Gasteiger partial charge in [0, 0.05) is 4.88 Å². The summed E-state index contributed by atoms with van der Waals surface area (Å²) in [6, 6.07) is 10.5. The molecule has 0 N–H and O–H groups in total. The highest BCUT2D eigenvalue weighted by molar-refractivity contribution is 9.09. The summed E-state index contributed by atoms with van der Waals surface area (Å²) in [6.07, 6.45) is 1.08. The average Bonchev–Trinajstić information content (AvgIpc) is 2.87. The Morgan fingerprint density at radius 2 is 1.89 bits per heavy atom. The number of ether oxygens (including phenoxy) is 1. The quantitative estimate of drug-likeness (QED) is 0.687. The van der Waals surface area contributed by atoms with Crippen LogP contribution in [0.2, 0.25) is 0 Å². The van der Waals surface area contributed by atoms with Gasteiger partial charge in [-0.05, 0) is 48.1 Å². The maximum atomic E-state index is 5.46. The first-order valence-electron chi connectivity index (χ1n) is 6.19. The minimum Gasteiger partial charge on any atom is -0.494 e. The average molecular weight is 325 g/mol. The van der Waals surface area contributed by atoms with Crippen LogP contribution in [0.1, 0.15) is 34.7 Å². The van der Waals surface area contributed by atoms with Gasteiger partial charge in [0.05, 0.1) is 11.4 Å². The van der Waals surface area contributed by atoms with Gasteiger partial charge in [-0.15, -0.1) is 11.3 Å². The van der Waals surface area contributed by atoms with E-state index in [2.05, 4.69) is 46.4 Å². The third kappa shape index (κ3) is 2.96. The van der Waals surface area contributed by atoms with E-state index in [4.69, 9.17) is 4.74 Å². The van der Waals surface area contributed by atoms with Crippen LogP contribution >= 0.6 is 27.3 Å². The summed E-state index contributed by atoms with van der Waals surface area (Å²) in [5.41, 5.74) is 2.70. The number of rotatable bonds is 5. The van der Waals surface area contributed by atoms with E-state index in [1.54, 1.807) is 0 Å². The minimum atomic E-state index is 0.281. The number of hydrogen-bond acceptors (Lipinski definition) is 2. The van der Waals surface area contributed by atoms with Gasteiger partial charge < -0.3 is 4.74 Å². The third-order valence-corrected chi connectivity index (χ3v) is 5.19. The van der Waals surface area contributed by atoms with Crippen molar-refractivity contribution in [3.05, 3.63) is 51.7 Å². The van der Waals surface area contributed by atoms with Crippen molar-refractivity contribution in [3.8, 4) is 5.75 Å². The molecule has 0 aliphatic rings. The molecule has 1 aromatic heterocycles. The molecule has 1 nitrogen and oxygen atoms in total. The van der Waals surface area contributed by atoms with Gasteiger partial charge in [0.25, 0.3) is 0 Å².